The lowest BCUT2D eigenvalue weighted by Gasteiger charge is -2.25. The third-order valence-electron chi connectivity index (χ3n) is 6.42. The van der Waals surface area contributed by atoms with Crippen molar-refractivity contribution in [2.24, 2.45) is 0 Å². The molecule has 2 aliphatic heterocycles. The van der Waals surface area contributed by atoms with Crippen molar-refractivity contribution in [3.8, 4) is 11.5 Å². The minimum atomic E-state index is -0.694. The molecule has 0 bridgehead atoms. The van der Waals surface area contributed by atoms with Gasteiger partial charge in [-0.1, -0.05) is 25.5 Å². The van der Waals surface area contributed by atoms with Gasteiger partial charge < -0.3 is 24.2 Å². The molecule has 1 saturated heterocycles. The highest BCUT2D eigenvalue weighted by Crippen LogP contribution is 2.41. The largest absolute Gasteiger partial charge is 0.507 e. The van der Waals surface area contributed by atoms with Gasteiger partial charge in [0.05, 0.1) is 18.2 Å². The van der Waals surface area contributed by atoms with Gasteiger partial charge in [-0.15, -0.1) is 0 Å². The normalized spacial score (nSPS) is 20.7. The Labute approximate surface area is 206 Å². The fraction of sp³-hybridized carbons (Fsp3) is 0.429. The molecule has 1 N–H and O–H groups in total. The van der Waals surface area contributed by atoms with Gasteiger partial charge in [-0.2, -0.15) is 0 Å². The smallest absolute Gasteiger partial charge is 0.295 e. The van der Waals surface area contributed by atoms with Gasteiger partial charge >= 0.3 is 0 Å². The van der Waals surface area contributed by atoms with E-state index in [0.717, 1.165) is 41.9 Å². The van der Waals surface area contributed by atoms with Crippen LogP contribution in [0.2, 0.25) is 0 Å². The third-order valence-corrected chi connectivity index (χ3v) is 6.42. The zero-order chi connectivity index (χ0) is 24.9. The fourth-order valence-electron chi connectivity index (χ4n) is 4.64. The van der Waals surface area contributed by atoms with Crippen LogP contribution in [0.3, 0.4) is 0 Å². The number of ketones is 1. The first-order valence-electron chi connectivity index (χ1n) is 12.2. The lowest BCUT2D eigenvalue weighted by molar-refractivity contribution is -0.140. The number of methoxy groups -OCH3 is 1. The van der Waals surface area contributed by atoms with Crippen molar-refractivity contribution in [1.82, 2.24) is 4.90 Å². The van der Waals surface area contributed by atoms with Crippen LogP contribution in [0.25, 0.3) is 5.76 Å². The number of Topliss-reactive ketones (excluding diaryl/α,β-unsaturated/α-hetero) is 1. The van der Waals surface area contributed by atoms with E-state index < -0.39 is 17.7 Å². The second-order valence-corrected chi connectivity index (χ2v) is 9.06. The number of amides is 1. The van der Waals surface area contributed by atoms with Crippen LogP contribution in [-0.2, 0) is 20.7 Å². The second kappa shape index (κ2) is 11.0. The van der Waals surface area contributed by atoms with Crippen LogP contribution in [0.1, 0.15) is 55.8 Å². The van der Waals surface area contributed by atoms with Crippen LogP contribution >= 0.6 is 0 Å². The summed E-state index contributed by atoms with van der Waals surface area (Å²) in [7, 11) is 1.60. The lowest BCUT2D eigenvalue weighted by Crippen LogP contribution is -2.31. The fourth-order valence-corrected chi connectivity index (χ4v) is 4.64. The van der Waals surface area contributed by atoms with Gasteiger partial charge in [-0.05, 0) is 61.2 Å². The highest BCUT2D eigenvalue weighted by Gasteiger charge is 2.45. The minimum Gasteiger partial charge on any atom is -0.507 e. The molecule has 1 amide bonds. The number of carbonyl (C=O) groups is 2. The average molecular weight is 480 g/mol. The average Bonchev–Trinajstić information content (AvgIpc) is 3.35. The first-order chi connectivity index (χ1) is 16.9. The van der Waals surface area contributed by atoms with Crippen molar-refractivity contribution in [1.29, 1.82) is 0 Å². The van der Waals surface area contributed by atoms with Crippen molar-refractivity contribution >= 4 is 17.4 Å². The van der Waals surface area contributed by atoms with Crippen molar-refractivity contribution in [2.45, 2.75) is 51.7 Å². The number of unbranched alkanes of at least 4 members (excludes halogenated alkanes) is 1. The molecule has 186 valence electrons. The Kier molecular flexibility index (Phi) is 7.76. The predicted molar refractivity (Wildman–Crippen MR) is 133 cm³/mol. The molecule has 2 unspecified atom stereocenters. The van der Waals surface area contributed by atoms with Crippen molar-refractivity contribution < 1.29 is 28.9 Å². The van der Waals surface area contributed by atoms with Gasteiger partial charge in [0.15, 0.2) is 0 Å². The number of ether oxygens (including phenoxy) is 3. The quantitative estimate of drug-likeness (QED) is 0.231. The van der Waals surface area contributed by atoms with E-state index in [1.54, 1.807) is 19.2 Å². The van der Waals surface area contributed by atoms with E-state index in [9.17, 15) is 14.7 Å². The summed E-state index contributed by atoms with van der Waals surface area (Å²) in [6, 6.07) is 12.1. The molecule has 7 heteroatoms. The Morgan fingerprint density at radius 2 is 1.89 bits per heavy atom. The van der Waals surface area contributed by atoms with E-state index in [1.165, 1.54) is 4.90 Å². The van der Waals surface area contributed by atoms with E-state index in [0.29, 0.717) is 31.7 Å². The van der Waals surface area contributed by atoms with E-state index >= 15 is 0 Å². The van der Waals surface area contributed by atoms with Gasteiger partial charge in [-0.3, -0.25) is 9.59 Å². The summed E-state index contributed by atoms with van der Waals surface area (Å²) in [6.07, 6.45) is 3.37. The molecular weight excluding hydrogens is 446 g/mol. The Hall–Kier alpha value is -3.32. The molecule has 2 aromatic carbocycles. The number of carbonyl (C=O) groups excluding carboxylic acids is 2. The molecule has 0 aromatic heterocycles. The maximum atomic E-state index is 13.2. The Morgan fingerprint density at radius 3 is 2.60 bits per heavy atom. The maximum Gasteiger partial charge on any atom is 0.295 e. The predicted octanol–water partition coefficient (Wildman–Crippen LogP) is 4.65. The third kappa shape index (κ3) is 5.20. The SMILES string of the molecule is CCCCOc1ccc(C2/C(=C(\O)c3ccc4c(c3)CC(C)O4)C(=O)C(=O)N2CCCOC)cc1. The molecule has 0 aliphatic carbocycles. The van der Waals surface area contributed by atoms with Crippen LogP contribution in [0.5, 0.6) is 11.5 Å². The molecule has 0 saturated carbocycles. The summed E-state index contributed by atoms with van der Waals surface area (Å²) in [5.74, 6) is 0.0381. The van der Waals surface area contributed by atoms with Crippen molar-refractivity contribution in [3.63, 3.8) is 0 Å². The Bertz CT molecular complexity index is 1110. The summed E-state index contributed by atoms with van der Waals surface area (Å²) >= 11 is 0. The van der Waals surface area contributed by atoms with Gasteiger partial charge in [0.2, 0.25) is 0 Å². The zero-order valence-electron chi connectivity index (χ0n) is 20.6. The summed E-state index contributed by atoms with van der Waals surface area (Å²) in [5.41, 5.74) is 2.31. The standard InChI is InChI=1S/C28H33NO6/c1-4-5-15-34-22-10-7-19(8-11-22)25-24(27(31)28(32)29(25)13-6-14-33-3)26(30)20-9-12-23-21(17-20)16-18(2)35-23/h7-12,17-18,25,30H,4-6,13-16H2,1-3H3/b26-24+. The molecule has 2 aliphatic rings. The number of benzene rings is 2. The van der Waals surface area contributed by atoms with E-state index in [2.05, 4.69) is 6.92 Å². The number of rotatable bonds is 10. The molecule has 4 rings (SSSR count). The van der Waals surface area contributed by atoms with Gasteiger partial charge in [0.1, 0.15) is 23.4 Å². The molecule has 2 heterocycles. The van der Waals surface area contributed by atoms with Crippen LogP contribution in [0.4, 0.5) is 0 Å². The summed E-state index contributed by atoms with van der Waals surface area (Å²) in [4.78, 5) is 27.8. The van der Waals surface area contributed by atoms with Crippen LogP contribution in [-0.4, -0.2) is 54.7 Å². The summed E-state index contributed by atoms with van der Waals surface area (Å²) in [6.45, 7) is 5.52. The molecule has 0 spiro atoms. The number of nitrogens with zero attached hydrogens (tertiary/aromatic N) is 1. The van der Waals surface area contributed by atoms with E-state index in [1.807, 2.05) is 37.3 Å². The molecule has 2 atom stereocenters. The van der Waals surface area contributed by atoms with Crippen molar-refractivity contribution in [2.75, 3.05) is 26.9 Å². The van der Waals surface area contributed by atoms with Gasteiger partial charge in [-0.25, -0.2) is 0 Å². The highest BCUT2D eigenvalue weighted by atomic mass is 16.5. The number of aliphatic hydroxyl groups excluding tert-OH is 1. The van der Waals surface area contributed by atoms with E-state index in [4.69, 9.17) is 14.2 Å². The van der Waals surface area contributed by atoms with Gasteiger partial charge in [0.25, 0.3) is 11.7 Å². The Morgan fingerprint density at radius 1 is 1.11 bits per heavy atom. The van der Waals surface area contributed by atoms with Crippen molar-refractivity contribution in [3.05, 3.63) is 64.7 Å². The molecular formula is C28H33NO6. The number of aliphatic hydroxyl groups is 1. The first kappa shape index (κ1) is 24.8. The molecule has 1 fully saturated rings. The first-order valence-corrected chi connectivity index (χ1v) is 12.2. The molecule has 7 nitrogen and oxygen atoms in total. The molecule has 2 aromatic rings. The number of fused-ring (bicyclic) bond motifs is 1. The van der Waals surface area contributed by atoms with Crippen LogP contribution in [0, 0.1) is 0 Å². The number of hydrogen-bond donors (Lipinski definition) is 1. The monoisotopic (exact) mass is 479 g/mol. The minimum absolute atomic E-state index is 0.0619. The summed E-state index contributed by atoms with van der Waals surface area (Å²) in [5, 5.41) is 11.3. The zero-order valence-corrected chi connectivity index (χ0v) is 20.6. The van der Waals surface area contributed by atoms with Crippen LogP contribution < -0.4 is 9.47 Å². The number of likely N-dealkylation sites (tertiary alicyclic amines) is 1. The summed E-state index contributed by atoms with van der Waals surface area (Å²) < 4.78 is 16.7. The van der Waals surface area contributed by atoms with E-state index in [-0.39, 0.29) is 17.4 Å². The highest BCUT2D eigenvalue weighted by molar-refractivity contribution is 6.46. The van der Waals surface area contributed by atoms with Crippen LogP contribution in [0.15, 0.2) is 48.0 Å². The molecule has 35 heavy (non-hydrogen) atoms. The van der Waals surface area contributed by atoms with Gasteiger partial charge in [0, 0.05) is 32.2 Å². The topological polar surface area (TPSA) is 85.3 Å². The maximum absolute atomic E-state index is 13.2. The molecule has 0 radical (unpaired) electrons. The Balaban J connectivity index is 1.72. The second-order valence-electron chi connectivity index (χ2n) is 9.06. The number of hydrogen-bond acceptors (Lipinski definition) is 6. The lowest BCUT2D eigenvalue weighted by atomic mass is 9.94.